The minimum atomic E-state index is 0.0864. The van der Waals surface area contributed by atoms with Gasteiger partial charge in [0.05, 0.1) is 6.54 Å². The van der Waals surface area contributed by atoms with Gasteiger partial charge < -0.3 is 10.6 Å². The fourth-order valence-electron chi connectivity index (χ4n) is 2.08. The molecule has 0 atom stereocenters. The third kappa shape index (κ3) is 4.11. The van der Waals surface area contributed by atoms with Gasteiger partial charge in [-0.1, -0.05) is 18.8 Å². The molecular weight excluding hydrogens is 248 g/mol. The summed E-state index contributed by atoms with van der Waals surface area (Å²) in [5, 5.41) is 0. The van der Waals surface area contributed by atoms with Gasteiger partial charge in [0, 0.05) is 23.7 Å². The Balaban J connectivity index is 3.02. The van der Waals surface area contributed by atoms with Crippen LogP contribution in [0.2, 0.25) is 0 Å². The Bertz CT molecular complexity index is 524. The molecule has 1 aromatic rings. The molecule has 108 valence electrons. The Kier molecular flexibility index (Phi) is 6.27. The van der Waals surface area contributed by atoms with Crippen LogP contribution in [0.5, 0.6) is 0 Å². The van der Waals surface area contributed by atoms with E-state index in [2.05, 4.69) is 18.8 Å². The number of benzene rings is 1. The summed E-state index contributed by atoms with van der Waals surface area (Å²) in [6.45, 7) is 9.27. The molecule has 0 heterocycles. The summed E-state index contributed by atoms with van der Waals surface area (Å²) in [5.41, 5.74) is 8.04. The van der Waals surface area contributed by atoms with Gasteiger partial charge in [0.15, 0.2) is 0 Å². The number of aryl methyl sites for hydroxylation is 1. The summed E-state index contributed by atoms with van der Waals surface area (Å²) >= 11 is 0. The van der Waals surface area contributed by atoms with E-state index in [-0.39, 0.29) is 11.9 Å². The lowest BCUT2D eigenvalue weighted by atomic mass is 10.0. The molecule has 0 aromatic heterocycles. The van der Waals surface area contributed by atoms with E-state index in [1.54, 1.807) is 0 Å². The van der Waals surface area contributed by atoms with Crippen LogP contribution in [0.25, 0.3) is 0 Å². The van der Waals surface area contributed by atoms with E-state index in [0.717, 1.165) is 29.7 Å². The molecule has 0 saturated heterocycles. The summed E-state index contributed by atoms with van der Waals surface area (Å²) in [6, 6.07) is 5.87. The fourth-order valence-corrected chi connectivity index (χ4v) is 2.08. The second kappa shape index (κ2) is 7.72. The summed E-state index contributed by atoms with van der Waals surface area (Å²) in [7, 11) is 0. The number of hydrogen-bond acceptors (Lipinski definition) is 2. The molecular formula is C17H24N2O. The SMILES string of the molecule is CCCN(C(=O)c1ccc(C#CCN)c(C)c1)C(C)C. The van der Waals surface area contributed by atoms with Gasteiger partial charge in [0.1, 0.15) is 0 Å². The monoisotopic (exact) mass is 272 g/mol. The minimum Gasteiger partial charge on any atom is -0.336 e. The van der Waals surface area contributed by atoms with Crippen molar-refractivity contribution in [3.63, 3.8) is 0 Å². The van der Waals surface area contributed by atoms with Crippen LogP contribution in [0, 0.1) is 18.8 Å². The van der Waals surface area contributed by atoms with Gasteiger partial charge in [-0.25, -0.2) is 0 Å². The molecule has 3 nitrogen and oxygen atoms in total. The van der Waals surface area contributed by atoms with Gasteiger partial charge in [-0.3, -0.25) is 4.79 Å². The first-order chi connectivity index (χ1) is 9.51. The Morgan fingerprint density at radius 1 is 1.40 bits per heavy atom. The highest BCUT2D eigenvalue weighted by Gasteiger charge is 2.18. The Hall–Kier alpha value is -1.79. The Morgan fingerprint density at radius 3 is 2.60 bits per heavy atom. The fraction of sp³-hybridized carbons (Fsp3) is 0.471. The number of rotatable bonds is 4. The van der Waals surface area contributed by atoms with Crippen molar-refractivity contribution in [1.82, 2.24) is 4.90 Å². The van der Waals surface area contributed by atoms with E-state index in [9.17, 15) is 4.79 Å². The number of hydrogen-bond donors (Lipinski definition) is 1. The summed E-state index contributed by atoms with van der Waals surface area (Å²) < 4.78 is 0. The van der Waals surface area contributed by atoms with Gasteiger partial charge in [0.25, 0.3) is 5.91 Å². The van der Waals surface area contributed by atoms with Crippen LogP contribution in [0.3, 0.4) is 0 Å². The second-order valence-electron chi connectivity index (χ2n) is 5.13. The second-order valence-corrected chi connectivity index (χ2v) is 5.13. The lowest BCUT2D eigenvalue weighted by molar-refractivity contribution is 0.0706. The molecule has 0 unspecified atom stereocenters. The van der Waals surface area contributed by atoms with E-state index in [1.807, 2.05) is 43.9 Å². The van der Waals surface area contributed by atoms with Crippen molar-refractivity contribution in [3.8, 4) is 11.8 Å². The molecule has 0 fully saturated rings. The standard InChI is InChI=1S/C17H24N2O/c1-5-11-19(13(2)3)17(20)16-9-8-15(7-6-10-18)14(4)12-16/h8-9,12-13H,5,10-11,18H2,1-4H3. The summed E-state index contributed by atoms with van der Waals surface area (Å²) in [5.74, 6) is 5.94. The van der Waals surface area contributed by atoms with Gasteiger partial charge in [0.2, 0.25) is 0 Å². The van der Waals surface area contributed by atoms with Crippen molar-refractivity contribution in [2.45, 2.75) is 40.2 Å². The third-order valence-electron chi connectivity index (χ3n) is 3.15. The molecule has 1 rings (SSSR count). The van der Waals surface area contributed by atoms with Crippen molar-refractivity contribution >= 4 is 5.91 Å². The molecule has 0 aliphatic carbocycles. The van der Waals surface area contributed by atoms with Gasteiger partial charge >= 0.3 is 0 Å². The first-order valence-electron chi connectivity index (χ1n) is 7.11. The maximum Gasteiger partial charge on any atom is 0.254 e. The van der Waals surface area contributed by atoms with Gasteiger partial charge in [-0.05, 0) is 51.0 Å². The highest BCUT2D eigenvalue weighted by atomic mass is 16.2. The van der Waals surface area contributed by atoms with E-state index < -0.39 is 0 Å². The largest absolute Gasteiger partial charge is 0.336 e. The number of carbonyl (C=O) groups excluding carboxylic acids is 1. The van der Waals surface area contributed by atoms with Crippen LogP contribution in [0.1, 0.15) is 48.7 Å². The topological polar surface area (TPSA) is 46.3 Å². The third-order valence-corrected chi connectivity index (χ3v) is 3.15. The van der Waals surface area contributed by atoms with Crippen molar-refractivity contribution in [2.24, 2.45) is 5.73 Å². The molecule has 2 N–H and O–H groups in total. The zero-order valence-corrected chi connectivity index (χ0v) is 12.9. The van der Waals surface area contributed by atoms with Crippen LogP contribution in [-0.4, -0.2) is 29.9 Å². The van der Waals surface area contributed by atoms with E-state index in [1.165, 1.54) is 0 Å². The smallest absolute Gasteiger partial charge is 0.254 e. The van der Waals surface area contributed by atoms with Crippen molar-refractivity contribution in [3.05, 3.63) is 34.9 Å². The average Bonchev–Trinajstić information content (AvgIpc) is 2.42. The molecule has 0 bridgehead atoms. The van der Waals surface area contributed by atoms with Crippen LogP contribution >= 0.6 is 0 Å². The predicted molar refractivity (Wildman–Crippen MR) is 83.6 cm³/mol. The number of amides is 1. The van der Waals surface area contributed by atoms with Crippen molar-refractivity contribution < 1.29 is 4.79 Å². The first-order valence-corrected chi connectivity index (χ1v) is 7.11. The van der Waals surface area contributed by atoms with E-state index >= 15 is 0 Å². The average molecular weight is 272 g/mol. The number of nitrogens with two attached hydrogens (primary N) is 1. The zero-order valence-electron chi connectivity index (χ0n) is 12.9. The molecule has 0 saturated carbocycles. The maximum atomic E-state index is 12.5. The predicted octanol–water partition coefficient (Wildman–Crippen LogP) is 2.57. The molecule has 1 amide bonds. The van der Waals surface area contributed by atoms with E-state index in [4.69, 9.17) is 5.73 Å². The van der Waals surface area contributed by atoms with Crippen LogP contribution < -0.4 is 5.73 Å². The number of nitrogens with zero attached hydrogens (tertiary/aromatic N) is 1. The quantitative estimate of drug-likeness (QED) is 0.856. The lowest BCUT2D eigenvalue weighted by Crippen LogP contribution is -2.37. The molecule has 0 spiro atoms. The first kappa shape index (κ1) is 16.3. The summed E-state index contributed by atoms with van der Waals surface area (Å²) in [4.78, 5) is 14.4. The highest BCUT2D eigenvalue weighted by Crippen LogP contribution is 2.14. The van der Waals surface area contributed by atoms with Gasteiger partial charge in [-0.2, -0.15) is 0 Å². The Labute approximate surface area is 122 Å². The van der Waals surface area contributed by atoms with Crippen LogP contribution in [0.4, 0.5) is 0 Å². The molecule has 0 radical (unpaired) electrons. The minimum absolute atomic E-state index is 0.0864. The van der Waals surface area contributed by atoms with Crippen molar-refractivity contribution in [2.75, 3.05) is 13.1 Å². The normalized spacial score (nSPS) is 10.1. The number of carbonyl (C=O) groups is 1. The highest BCUT2D eigenvalue weighted by molar-refractivity contribution is 5.94. The van der Waals surface area contributed by atoms with E-state index in [0.29, 0.717) is 6.54 Å². The lowest BCUT2D eigenvalue weighted by Gasteiger charge is -2.26. The van der Waals surface area contributed by atoms with Crippen LogP contribution in [-0.2, 0) is 0 Å². The molecule has 0 aliphatic heterocycles. The molecule has 0 aliphatic rings. The summed E-state index contributed by atoms with van der Waals surface area (Å²) in [6.07, 6.45) is 0.961. The molecule has 1 aromatic carbocycles. The zero-order chi connectivity index (χ0) is 15.1. The molecule has 20 heavy (non-hydrogen) atoms. The van der Waals surface area contributed by atoms with Crippen molar-refractivity contribution in [1.29, 1.82) is 0 Å². The maximum absolute atomic E-state index is 12.5. The van der Waals surface area contributed by atoms with Crippen LogP contribution in [0.15, 0.2) is 18.2 Å². The Morgan fingerprint density at radius 2 is 2.10 bits per heavy atom. The van der Waals surface area contributed by atoms with Gasteiger partial charge in [-0.15, -0.1) is 0 Å². The molecule has 3 heteroatoms.